The number of hydrogen-bond acceptors (Lipinski definition) is 4. The third-order valence-electron chi connectivity index (χ3n) is 3.45. The minimum Gasteiger partial charge on any atom is -0.396 e. The lowest BCUT2D eigenvalue weighted by atomic mass is 10.0. The van der Waals surface area contributed by atoms with Crippen LogP contribution in [0.25, 0.3) is 0 Å². The third-order valence-corrected chi connectivity index (χ3v) is 4.27. The lowest BCUT2D eigenvalue weighted by molar-refractivity contribution is -0.131. The van der Waals surface area contributed by atoms with E-state index in [4.69, 9.17) is 0 Å². The highest BCUT2D eigenvalue weighted by Crippen LogP contribution is 2.23. The van der Waals surface area contributed by atoms with Gasteiger partial charge in [0.1, 0.15) is 0 Å². The van der Waals surface area contributed by atoms with Gasteiger partial charge in [-0.1, -0.05) is 30.3 Å². The largest absolute Gasteiger partial charge is 0.396 e. The van der Waals surface area contributed by atoms with Crippen LogP contribution in [0.2, 0.25) is 0 Å². The third kappa shape index (κ3) is 4.12. The maximum Gasteiger partial charge on any atom is 0.228 e. The van der Waals surface area contributed by atoms with Crippen molar-refractivity contribution in [2.45, 2.75) is 25.8 Å². The van der Waals surface area contributed by atoms with Crippen molar-refractivity contribution in [2.75, 3.05) is 13.7 Å². The van der Waals surface area contributed by atoms with Crippen molar-refractivity contribution >= 4 is 17.2 Å². The zero-order valence-corrected chi connectivity index (χ0v) is 13.1. The maximum atomic E-state index is 12.4. The molecule has 1 N–H and O–H groups in total. The van der Waals surface area contributed by atoms with Gasteiger partial charge < -0.3 is 10.0 Å². The van der Waals surface area contributed by atoms with E-state index < -0.39 is 0 Å². The molecule has 2 rings (SSSR count). The molecule has 0 radical (unpaired) electrons. The lowest BCUT2D eigenvalue weighted by Crippen LogP contribution is -2.33. The fourth-order valence-corrected chi connectivity index (χ4v) is 2.94. The van der Waals surface area contributed by atoms with Crippen molar-refractivity contribution in [1.29, 1.82) is 0 Å². The van der Waals surface area contributed by atoms with Gasteiger partial charge in [0.2, 0.25) is 5.91 Å². The molecule has 112 valence electrons. The highest BCUT2D eigenvalue weighted by Gasteiger charge is 2.21. The number of aliphatic hydroxyl groups is 1. The number of benzene rings is 1. The zero-order valence-electron chi connectivity index (χ0n) is 12.3. The van der Waals surface area contributed by atoms with Gasteiger partial charge >= 0.3 is 0 Å². The lowest BCUT2D eigenvalue weighted by Gasteiger charge is -2.28. The number of aromatic nitrogens is 1. The van der Waals surface area contributed by atoms with Crippen molar-refractivity contribution in [3.05, 3.63) is 52.0 Å². The van der Waals surface area contributed by atoms with Gasteiger partial charge in [0.05, 0.1) is 23.2 Å². The topological polar surface area (TPSA) is 53.4 Å². The van der Waals surface area contributed by atoms with Gasteiger partial charge in [-0.25, -0.2) is 4.98 Å². The maximum absolute atomic E-state index is 12.4. The van der Waals surface area contributed by atoms with Gasteiger partial charge in [0.25, 0.3) is 0 Å². The van der Waals surface area contributed by atoms with Gasteiger partial charge in [0.15, 0.2) is 0 Å². The fourth-order valence-electron chi connectivity index (χ4n) is 2.32. The molecule has 0 saturated carbocycles. The molecule has 4 nitrogen and oxygen atoms in total. The molecule has 0 aliphatic heterocycles. The summed E-state index contributed by atoms with van der Waals surface area (Å²) in [6.07, 6.45) is 0.831. The van der Waals surface area contributed by atoms with Gasteiger partial charge in [-0.2, -0.15) is 0 Å². The molecule has 1 heterocycles. The number of hydrogen-bond donors (Lipinski definition) is 1. The van der Waals surface area contributed by atoms with Crippen LogP contribution >= 0.6 is 11.3 Å². The van der Waals surface area contributed by atoms with Crippen LogP contribution in [0.3, 0.4) is 0 Å². The molecule has 1 unspecified atom stereocenters. The van der Waals surface area contributed by atoms with E-state index in [1.54, 1.807) is 23.3 Å². The summed E-state index contributed by atoms with van der Waals surface area (Å²) >= 11 is 1.55. The van der Waals surface area contributed by atoms with Gasteiger partial charge in [-0.15, -0.1) is 11.3 Å². The van der Waals surface area contributed by atoms with E-state index >= 15 is 0 Å². The molecule has 0 aliphatic carbocycles. The van der Waals surface area contributed by atoms with E-state index in [-0.39, 0.29) is 18.6 Å². The molecular formula is C16H20N2O2S. The number of rotatable bonds is 6. The molecule has 1 aromatic heterocycles. The quantitative estimate of drug-likeness (QED) is 0.892. The molecule has 1 aromatic carbocycles. The molecule has 5 heteroatoms. The molecule has 0 bridgehead atoms. The number of aliphatic hydroxyl groups excluding tert-OH is 1. The van der Waals surface area contributed by atoms with Crippen LogP contribution in [0.4, 0.5) is 0 Å². The Balaban J connectivity index is 2.10. The van der Waals surface area contributed by atoms with E-state index in [9.17, 15) is 9.90 Å². The molecule has 0 aliphatic rings. The SMILES string of the molecule is Cc1nc(CC(=O)N(C)C(CCO)c2ccccc2)cs1. The molecule has 0 saturated heterocycles. The molecule has 1 amide bonds. The number of amides is 1. The minimum absolute atomic E-state index is 0.0163. The Morgan fingerprint density at radius 2 is 2.10 bits per heavy atom. The van der Waals surface area contributed by atoms with Crippen molar-refractivity contribution in [1.82, 2.24) is 9.88 Å². The Morgan fingerprint density at radius 3 is 2.67 bits per heavy atom. The Bertz CT molecular complexity index is 583. The van der Waals surface area contributed by atoms with Crippen LogP contribution in [0.5, 0.6) is 0 Å². The molecule has 21 heavy (non-hydrogen) atoms. The second-order valence-electron chi connectivity index (χ2n) is 4.98. The molecule has 0 fully saturated rings. The summed E-state index contributed by atoms with van der Waals surface area (Å²) in [6, 6.07) is 9.69. The number of thiazole rings is 1. The molecular weight excluding hydrogens is 284 g/mol. The first kappa shape index (κ1) is 15.7. The Hall–Kier alpha value is -1.72. The average Bonchev–Trinajstić information content (AvgIpc) is 2.90. The summed E-state index contributed by atoms with van der Waals surface area (Å²) in [4.78, 5) is 18.5. The monoisotopic (exact) mass is 304 g/mol. The van der Waals surface area contributed by atoms with Crippen LogP contribution in [0.1, 0.15) is 28.7 Å². The van der Waals surface area contributed by atoms with Crippen LogP contribution in [-0.2, 0) is 11.2 Å². The highest BCUT2D eigenvalue weighted by atomic mass is 32.1. The average molecular weight is 304 g/mol. The predicted octanol–water partition coefficient (Wildman–Crippen LogP) is 2.58. The zero-order chi connectivity index (χ0) is 15.2. The van der Waals surface area contributed by atoms with Gasteiger partial charge in [0, 0.05) is 19.0 Å². The Kier molecular flexibility index (Phi) is 5.47. The predicted molar refractivity (Wildman–Crippen MR) is 84.2 cm³/mol. The number of aryl methyl sites for hydroxylation is 1. The summed E-state index contributed by atoms with van der Waals surface area (Å²) in [5.74, 6) is 0.0163. The summed E-state index contributed by atoms with van der Waals surface area (Å²) in [6.45, 7) is 1.98. The van der Waals surface area contributed by atoms with E-state index in [0.717, 1.165) is 16.3 Å². The minimum atomic E-state index is -0.108. The standard InChI is InChI=1S/C16H20N2O2S/c1-12-17-14(11-21-12)10-16(20)18(2)15(8-9-19)13-6-4-3-5-7-13/h3-7,11,15,19H,8-10H2,1-2H3. The molecule has 2 aromatic rings. The highest BCUT2D eigenvalue weighted by molar-refractivity contribution is 7.09. The first-order chi connectivity index (χ1) is 10.1. The van der Waals surface area contributed by atoms with Crippen LogP contribution in [0.15, 0.2) is 35.7 Å². The number of carbonyl (C=O) groups is 1. The molecule has 1 atom stereocenters. The van der Waals surface area contributed by atoms with Crippen molar-refractivity contribution in [3.63, 3.8) is 0 Å². The number of likely N-dealkylation sites (N-methyl/N-ethyl adjacent to an activating group) is 1. The summed E-state index contributed by atoms with van der Waals surface area (Å²) in [7, 11) is 1.79. The van der Waals surface area contributed by atoms with Gasteiger partial charge in [-0.05, 0) is 18.9 Å². The summed E-state index contributed by atoms with van der Waals surface area (Å²) in [5.41, 5.74) is 1.85. The fraction of sp³-hybridized carbons (Fsp3) is 0.375. The summed E-state index contributed by atoms with van der Waals surface area (Å²) < 4.78 is 0. The van der Waals surface area contributed by atoms with Crippen LogP contribution in [0, 0.1) is 6.92 Å². The first-order valence-electron chi connectivity index (χ1n) is 6.94. The van der Waals surface area contributed by atoms with Crippen molar-refractivity contribution in [2.24, 2.45) is 0 Å². The number of nitrogens with zero attached hydrogens (tertiary/aromatic N) is 2. The van der Waals surface area contributed by atoms with Crippen molar-refractivity contribution in [3.8, 4) is 0 Å². The number of carbonyl (C=O) groups excluding carboxylic acids is 1. The summed E-state index contributed by atoms with van der Waals surface area (Å²) in [5, 5.41) is 12.2. The smallest absolute Gasteiger partial charge is 0.228 e. The van der Waals surface area contributed by atoms with E-state index in [0.29, 0.717) is 12.8 Å². The van der Waals surface area contributed by atoms with E-state index in [1.807, 2.05) is 42.6 Å². The first-order valence-corrected chi connectivity index (χ1v) is 7.82. The Labute approximate surface area is 129 Å². The van der Waals surface area contributed by atoms with Crippen LogP contribution < -0.4 is 0 Å². The van der Waals surface area contributed by atoms with Crippen LogP contribution in [-0.4, -0.2) is 34.6 Å². The van der Waals surface area contributed by atoms with E-state index in [2.05, 4.69) is 4.98 Å². The second kappa shape index (κ2) is 7.33. The molecule has 0 spiro atoms. The second-order valence-corrected chi connectivity index (χ2v) is 6.04. The van der Waals surface area contributed by atoms with Crippen molar-refractivity contribution < 1.29 is 9.90 Å². The van der Waals surface area contributed by atoms with E-state index in [1.165, 1.54) is 0 Å². The Morgan fingerprint density at radius 1 is 1.38 bits per heavy atom. The van der Waals surface area contributed by atoms with Gasteiger partial charge in [-0.3, -0.25) is 4.79 Å². The normalized spacial score (nSPS) is 12.1.